The van der Waals surface area contributed by atoms with Gasteiger partial charge in [-0.2, -0.15) is 5.26 Å². The van der Waals surface area contributed by atoms with Gasteiger partial charge in [0.1, 0.15) is 17.6 Å². The number of rotatable bonds is 4. The predicted octanol–water partition coefficient (Wildman–Crippen LogP) is 7.90. The summed E-state index contributed by atoms with van der Waals surface area (Å²) in [6.45, 7) is 6.43. The number of pyridine rings is 2. The van der Waals surface area contributed by atoms with Gasteiger partial charge in [-0.05, 0) is 52.9 Å². The fourth-order valence-corrected chi connectivity index (χ4v) is 4.83. The number of aromatic nitrogens is 4. The van der Waals surface area contributed by atoms with Crippen molar-refractivity contribution in [2.45, 2.75) is 26.2 Å². The number of nitrogens with zero attached hydrogens (tertiary/aromatic N) is 4. The van der Waals surface area contributed by atoms with Gasteiger partial charge in [0.15, 0.2) is 0 Å². The molecule has 2 N–H and O–H groups in total. The summed E-state index contributed by atoms with van der Waals surface area (Å²) in [6.07, 6.45) is 1.60. The standard InChI is InChI=1S/C34H27N5O/c1-34(2,3)23-15-16-31(40)26(17-23)33-38-29-14-7-11-24(32(29)39-33)27-12-8-13-28(37-27)30-18-25(22(19-35)20-36-30)21-9-5-4-6-10-21/h4-18,20,40H,1-3H3,(H,38,39). The van der Waals surface area contributed by atoms with Crippen molar-refractivity contribution < 1.29 is 5.11 Å². The van der Waals surface area contributed by atoms with Gasteiger partial charge in [0, 0.05) is 17.3 Å². The molecule has 194 valence electrons. The van der Waals surface area contributed by atoms with Crippen molar-refractivity contribution in [3.8, 4) is 57.0 Å². The van der Waals surface area contributed by atoms with Crippen LogP contribution in [0, 0.1) is 11.3 Å². The second-order valence-electron chi connectivity index (χ2n) is 10.8. The molecule has 3 heterocycles. The highest BCUT2D eigenvalue weighted by atomic mass is 16.3. The number of hydrogen-bond donors (Lipinski definition) is 2. The van der Waals surface area contributed by atoms with E-state index in [1.165, 1.54) is 0 Å². The Morgan fingerprint density at radius 1 is 0.750 bits per heavy atom. The molecular formula is C34H27N5O. The van der Waals surface area contributed by atoms with Crippen LogP contribution < -0.4 is 0 Å². The maximum Gasteiger partial charge on any atom is 0.142 e. The van der Waals surface area contributed by atoms with E-state index in [4.69, 9.17) is 9.97 Å². The van der Waals surface area contributed by atoms with Crippen molar-refractivity contribution in [3.05, 3.63) is 108 Å². The lowest BCUT2D eigenvalue weighted by Crippen LogP contribution is -2.10. The number of H-pyrrole nitrogens is 1. The van der Waals surface area contributed by atoms with Gasteiger partial charge in [0.05, 0.1) is 39.2 Å². The lowest BCUT2D eigenvalue weighted by molar-refractivity contribution is 0.475. The van der Waals surface area contributed by atoms with Gasteiger partial charge >= 0.3 is 0 Å². The Bertz CT molecular complexity index is 1910. The second-order valence-corrected chi connectivity index (χ2v) is 10.8. The van der Waals surface area contributed by atoms with E-state index in [9.17, 15) is 10.4 Å². The molecule has 40 heavy (non-hydrogen) atoms. The summed E-state index contributed by atoms with van der Waals surface area (Å²) >= 11 is 0. The minimum Gasteiger partial charge on any atom is -0.507 e. The van der Waals surface area contributed by atoms with Crippen LogP contribution in [-0.2, 0) is 5.41 Å². The van der Waals surface area contributed by atoms with E-state index in [1.807, 2.05) is 84.9 Å². The summed E-state index contributed by atoms with van der Waals surface area (Å²) in [5, 5.41) is 20.3. The van der Waals surface area contributed by atoms with E-state index in [0.717, 1.165) is 39.0 Å². The van der Waals surface area contributed by atoms with Crippen molar-refractivity contribution in [2.24, 2.45) is 0 Å². The van der Waals surface area contributed by atoms with Gasteiger partial charge in [-0.1, -0.05) is 75.4 Å². The first-order valence-corrected chi connectivity index (χ1v) is 13.1. The Labute approximate surface area is 232 Å². The predicted molar refractivity (Wildman–Crippen MR) is 159 cm³/mol. The van der Waals surface area contributed by atoms with Crippen LogP contribution in [0.15, 0.2) is 97.2 Å². The highest BCUT2D eigenvalue weighted by Crippen LogP contribution is 2.36. The van der Waals surface area contributed by atoms with Gasteiger partial charge in [0.25, 0.3) is 0 Å². The molecular weight excluding hydrogens is 494 g/mol. The molecule has 0 saturated heterocycles. The van der Waals surface area contributed by atoms with E-state index < -0.39 is 0 Å². The van der Waals surface area contributed by atoms with Crippen LogP contribution in [0.25, 0.3) is 56.2 Å². The van der Waals surface area contributed by atoms with Gasteiger partial charge < -0.3 is 10.1 Å². The first kappa shape index (κ1) is 25.0. The smallest absolute Gasteiger partial charge is 0.142 e. The number of phenols is 1. The Kier molecular flexibility index (Phi) is 6.13. The quantitative estimate of drug-likeness (QED) is 0.246. The molecule has 0 aliphatic heterocycles. The van der Waals surface area contributed by atoms with E-state index in [2.05, 4.69) is 36.8 Å². The van der Waals surface area contributed by atoms with E-state index in [1.54, 1.807) is 12.3 Å². The number of para-hydroxylation sites is 1. The first-order chi connectivity index (χ1) is 19.3. The lowest BCUT2D eigenvalue weighted by atomic mass is 9.86. The van der Waals surface area contributed by atoms with Crippen LogP contribution in [0.5, 0.6) is 5.75 Å². The van der Waals surface area contributed by atoms with E-state index >= 15 is 0 Å². The van der Waals surface area contributed by atoms with E-state index in [-0.39, 0.29) is 11.2 Å². The molecule has 0 aliphatic carbocycles. The normalized spacial score (nSPS) is 11.4. The number of nitrogens with one attached hydrogen (secondary N) is 1. The lowest BCUT2D eigenvalue weighted by Gasteiger charge is -2.19. The first-order valence-electron chi connectivity index (χ1n) is 13.1. The number of phenolic OH excluding ortho intramolecular Hbond substituents is 1. The molecule has 0 fully saturated rings. The summed E-state index contributed by atoms with van der Waals surface area (Å²) in [6, 6.07) is 31.4. The molecule has 6 rings (SSSR count). The van der Waals surface area contributed by atoms with Crippen LogP contribution in [-0.4, -0.2) is 25.0 Å². The van der Waals surface area contributed by atoms with Crippen LogP contribution in [0.1, 0.15) is 31.9 Å². The molecule has 0 aliphatic rings. The highest BCUT2D eigenvalue weighted by Gasteiger charge is 2.19. The van der Waals surface area contributed by atoms with Crippen LogP contribution >= 0.6 is 0 Å². The van der Waals surface area contributed by atoms with Crippen molar-refractivity contribution in [1.29, 1.82) is 5.26 Å². The Hall–Kier alpha value is -5.28. The van der Waals surface area contributed by atoms with Gasteiger partial charge in [-0.25, -0.2) is 9.97 Å². The summed E-state index contributed by atoms with van der Waals surface area (Å²) in [4.78, 5) is 17.8. The van der Waals surface area contributed by atoms with Gasteiger partial charge in [-0.3, -0.25) is 4.98 Å². The Balaban J connectivity index is 1.44. The largest absolute Gasteiger partial charge is 0.507 e. The van der Waals surface area contributed by atoms with Crippen LogP contribution in [0.3, 0.4) is 0 Å². The zero-order valence-corrected chi connectivity index (χ0v) is 22.5. The third kappa shape index (κ3) is 4.59. The molecule has 0 spiro atoms. The molecule has 6 heteroatoms. The van der Waals surface area contributed by atoms with Crippen molar-refractivity contribution in [1.82, 2.24) is 19.9 Å². The zero-order valence-electron chi connectivity index (χ0n) is 22.5. The summed E-state index contributed by atoms with van der Waals surface area (Å²) in [5.74, 6) is 0.776. The van der Waals surface area contributed by atoms with E-state index in [0.29, 0.717) is 28.3 Å². The maximum atomic E-state index is 10.7. The molecule has 0 atom stereocenters. The zero-order chi connectivity index (χ0) is 27.9. The minimum atomic E-state index is -0.0656. The van der Waals surface area contributed by atoms with Crippen molar-refractivity contribution in [2.75, 3.05) is 0 Å². The fourth-order valence-electron chi connectivity index (χ4n) is 4.83. The Morgan fingerprint density at radius 2 is 1.52 bits per heavy atom. The number of aromatic amines is 1. The summed E-state index contributed by atoms with van der Waals surface area (Å²) in [5.41, 5.74) is 8.59. The van der Waals surface area contributed by atoms with Crippen LogP contribution in [0.2, 0.25) is 0 Å². The van der Waals surface area contributed by atoms with Gasteiger partial charge in [0.2, 0.25) is 0 Å². The average molecular weight is 522 g/mol. The summed E-state index contributed by atoms with van der Waals surface area (Å²) < 4.78 is 0. The molecule has 0 radical (unpaired) electrons. The molecule has 0 bridgehead atoms. The third-order valence-corrected chi connectivity index (χ3v) is 7.03. The molecule has 3 aromatic carbocycles. The maximum absolute atomic E-state index is 10.7. The van der Waals surface area contributed by atoms with Gasteiger partial charge in [-0.15, -0.1) is 0 Å². The van der Waals surface area contributed by atoms with Crippen LogP contribution in [0.4, 0.5) is 0 Å². The second kappa shape index (κ2) is 9.79. The fraction of sp³-hybridized carbons (Fsp3) is 0.118. The SMILES string of the molecule is CC(C)(C)c1ccc(O)c(-c2nc3c(-c4cccc(-c5cc(-c6ccccc6)c(C#N)cn5)n4)cccc3[nH]2)c1. The third-order valence-electron chi connectivity index (χ3n) is 7.03. The minimum absolute atomic E-state index is 0.0656. The number of benzene rings is 3. The van der Waals surface area contributed by atoms with Crippen molar-refractivity contribution >= 4 is 11.0 Å². The number of aromatic hydroxyl groups is 1. The monoisotopic (exact) mass is 521 g/mol. The number of imidazole rings is 1. The number of fused-ring (bicyclic) bond motifs is 1. The highest BCUT2D eigenvalue weighted by molar-refractivity contribution is 5.93. The molecule has 0 saturated carbocycles. The summed E-state index contributed by atoms with van der Waals surface area (Å²) in [7, 11) is 0. The molecule has 3 aromatic heterocycles. The van der Waals surface area contributed by atoms with Crippen molar-refractivity contribution in [3.63, 3.8) is 0 Å². The number of hydrogen-bond acceptors (Lipinski definition) is 5. The molecule has 0 unspecified atom stereocenters. The molecule has 6 nitrogen and oxygen atoms in total. The number of nitriles is 1. The molecule has 0 amide bonds. The average Bonchev–Trinajstić information content (AvgIpc) is 3.41. The molecule has 6 aromatic rings. The Morgan fingerprint density at radius 3 is 2.30 bits per heavy atom. The topological polar surface area (TPSA) is 98.5 Å².